The number of nitrogens with zero attached hydrogens (tertiary/aromatic N) is 1. The number of hydrogen-bond donors (Lipinski definition) is 1. The first kappa shape index (κ1) is 11.1. The number of amides is 1. The van der Waals surface area contributed by atoms with Gasteiger partial charge in [0.25, 0.3) is 5.91 Å². The molecule has 1 aliphatic heterocycles. The first-order chi connectivity index (χ1) is 7.58. The third kappa shape index (κ3) is 2.09. The molecule has 2 N–H and O–H groups in total. The maximum Gasteiger partial charge on any atom is 0.254 e. The van der Waals surface area contributed by atoms with Gasteiger partial charge >= 0.3 is 0 Å². The van der Waals surface area contributed by atoms with Gasteiger partial charge in [0.1, 0.15) is 0 Å². The smallest absolute Gasteiger partial charge is 0.254 e. The zero-order valence-electron chi connectivity index (χ0n) is 9.86. The van der Waals surface area contributed by atoms with E-state index >= 15 is 0 Å². The molecular formula is C13H18N2O. The van der Waals surface area contributed by atoms with Gasteiger partial charge in [-0.05, 0) is 31.9 Å². The number of carbonyl (C=O) groups is 1. The summed E-state index contributed by atoms with van der Waals surface area (Å²) in [5.74, 6) is 0.116. The Morgan fingerprint density at radius 2 is 2.19 bits per heavy atom. The van der Waals surface area contributed by atoms with Crippen LogP contribution in [-0.2, 0) is 0 Å². The van der Waals surface area contributed by atoms with Gasteiger partial charge in [0, 0.05) is 24.7 Å². The molecule has 0 saturated carbocycles. The summed E-state index contributed by atoms with van der Waals surface area (Å²) in [7, 11) is 0. The quantitative estimate of drug-likeness (QED) is 0.776. The lowest BCUT2D eigenvalue weighted by atomic mass is 10.0. The Morgan fingerprint density at radius 1 is 1.44 bits per heavy atom. The number of benzene rings is 1. The zero-order chi connectivity index (χ0) is 11.7. The topological polar surface area (TPSA) is 46.3 Å². The number of nitrogens with two attached hydrogens (primary N) is 1. The standard InChI is InChI=1S/C13H18N2O/c1-9-3-4-12(10(2)7-9)13(16)15-6-5-11(14)8-15/h3-4,7,11H,5-6,8,14H2,1-2H3/t11-/m0/s1. The molecule has 1 heterocycles. The summed E-state index contributed by atoms with van der Waals surface area (Å²) in [6.45, 7) is 5.49. The van der Waals surface area contributed by atoms with Gasteiger partial charge in [0.15, 0.2) is 0 Å². The van der Waals surface area contributed by atoms with Crippen molar-refractivity contribution in [2.75, 3.05) is 13.1 Å². The van der Waals surface area contributed by atoms with Crippen LogP contribution in [0.5, 0.6) is 0 Å². The molecule has 0 bridgehead atoms. The van der Waals surface area contributed by atoms with Crippen LogP contribution in [-0.4, -0.2) is 29.9 Å². The molecule has 1 atom stereocenters. The van der Waals surface area contributed by atoms with Crippen LogP contribution < -0.4 is 5.73 Å². The summed E-state index contributed by atoms with van der Waals surface area (Å²) in [6, 6.07) is 6.09. The molecule has 1 amide bonds. The molecule has 1 aliphatic rings. The summed E-state index contributed by atoms with van der Waals surface area (Å²) >= 11 is 0. The molecular weight excluding hydrogens is 200 g/mol. The van der Waals surface area contributed by atoms with E-state index in [2.05, 4.69) is 0 Å². The molecule has 16 heavy (non-hydrogen) atoms. The molecule has 1 fully saturated rings. The number of aryl methyl sites for hydroxylation is 2. The van der Waals surface area contributed by atoms with Crippen molar-refractivity contribution in [3.8, 4) is 0 Å². The van der Waals surface area contributed by atoms with E-state index in [1.54, 1.807) is 0 Å². The van der Waals surface area contributed by atoms with Crippen molar-refractivity contribution in [2.45, 2.75) is 26.3 Å². The Morgan fingerprint density at radius 3 is 2.75 bits per heavy atom. The van der Waals surface area contributed by atoms with E-state index in [1.807, 2.05) is 36.9 Å². The van der Waals surface area contributed by atoms with Crippen LogP contribution in [0.3, 0.4) is 0 Å². The van der Waals surface area contributed by atoms with Crippen LogP contribution in [0.15, 0.2) is 18.2 Å². The number of likely N-dealkylation sites (tertiary alicyclic amines) is 1. The van der Waals surface area contributed by atoms with Gasteiger partial charge in [-0.1, -0.05) is 17.7 Å². The summed E-state index contributed by atoms with van der Waals surface area (Å²) < 4.78 is 0. The predicted molar refractivity (Wildman–Crippen MR) is 64.4 cm³/mol. The number of carbonyl (C=O) groups excluding carboxylic acids is 1. The van der Waals surface area contributed by atoms with Crippen molar-refractivity contribution in [3.63, 3.8) is 0 Å². The highest BCUT2D eigenvalue weighted by atomic mass is 16.2. The molecule has 3 heteroatoms. The van der Waals surface area contributed by atoms with Gasteiger partial charge < -0.3 is 10.6 Å². The fourth-order valence-electron chi connectivity index (χ4n) is 2.20. The Bertz CT molecular complexity index is 414. The lowest BCUT2D eigenvalue weighted by Crippen LogP contribution is -2.32. The fraction of sp³-hybridized carbons (Fsp3) is 0.462. The molecule has 0 spiro atoms. The average molecular weight is 218 g/mol. The van der Waals surface area contributed by atoms with Crippen LogP contribution in [0.1, 0.15) is 27.9 Å². The maximum absolute atomic E-state index is 12.2. The van der Waals surface area contributed by atoms with Gasteiger partial charge in [0.05, 0.1) is 0 Å². The molecule has 86 valence electrons. The molecule has 3 nitrogen and oxygen atoms in total. The first-order valence-electron chi connectivity index (χ1n) is 5.70. The van der Waals surface area contributed by atoms with E-state index in [-0.39, 0.29) is 11.9 Å². The van der Waals surface area contributed by atoms with Crippen LogP contribution in [0.2, 0.25) is 0 Å². The molecule has 1 saturated heterocycles. The molecule has 1 aromatic carbocycles. The fourth-order valence-corrected chi connectivity index (χ4v) is 2.20. The van der Waals surface area contributed by atoms with E-state index in [4.69, 9.17) is 5.73 Å². The van der Waals surface area contributed by atoms with Gasteiger partial charge in [-0.3, -0.25) is 4.79 Å². The summed E-state index contributed by atoms with van der Waals surface area (Å²) in [4.78, 5) is 14.0. The van der Waals surface area contributed by atoms with Crippen molar-refractivity contribution in [2.24, 2.45) is 5.73 Å². The molecule has 0 radical (unpaired) electrons. The van der Waals surface area contributed by atoms with Crippen molar-refractivity contribution < 1.29 is 4.79 Å². The Kier molecular flexibility index (Phi) is 2.97. The Labute approximate surface area is 96.2 Å². The van der Waals surface area contributed by atoms with E-state index in [0.717, 1.165) is 24.1 Å². The van der Waals surface area contributed by atoms with E-state index < -0.39 is 0 Å². The third-order valence-electron chi connectivity index (χ3n) is 3.12. The third-order valence-corrected chi connectivity index (χ3v) is 3.12. The first-order valence-corrected chi connectivity index (χ1v) is 5.70. The Hall–Kier alpha value is -1.35. The molecule has 2 rings (SSSR count). The van der Waals surface area contributed by atoms with Gasteiger partial charge in [-0.25, -0.2) is 0 Å². The maximum atomic E-state index is 12.2. The lowest BCUT2D eigenvalue weighted by molar-refractivity contribution is 0.0790. The average Bonchev–Trinajstić information content (AvgIpc) is 2.64. The highest BCUT2D eigenvalue weighted by Gasteiger charge is 2.25. The largest absolute Gasteiger partial charge is 0.337 e. The van der Waals surface area contributed by atoms with Crippen LogP contribution in [0, 0.1) is 13.8 Å². The van der Waals surface area contributed by atoms with Gasteiger partial charge in [-0.2, -0.15) is 0 Å². The monoisotopic (exact) mass is 218 g/mol. The SMILES string of the molecule is Cc1ccc(C(=O)N2CC[C@H](N)C2)c(C)c1. The minimum absolute atomic E-state index is 0.116. The second kappa shape index (κ2) is 4.26. The predicted octanol–water partition coefficient (Wildman–Crippen LogP) is 1.48. The summed E-state index contributed by atoms with van der Waals surface area (Å²) in [5.41, 5.74) is 8.85. The normalized spacial score (nSPS) is 20.2. The minimum atomic E-state index is 0.116. The highest BCUT2D eigenvalue weighted by Crippen LogP contribution is 2.16. The summed E-state index contributed by atoms with van der Waals surface area (Å²) in [6.07, 6.45) is 0.913. The van der Waals surface area contributed by atoms with Crippen LogP contribution in [0.25, 0.3) is 0 Å². The van der Waals surface area contributed by atoms with Crippen molar-refractivity contribution in [1.29, 1.82) is 0 Å². The molecule has 0 aromatic heterocycles. The second-order valence-electron chi connectivity index (χ2n) is 4.62. The number of rotatable bonds is 1. The minimum Gasteiger partial charge on any atom is -0.337 e. The van der Waals surface area contributed by atoms with Crippen molar-refractivity contribution in [3.05, 3.63) is 34.9 Å². The number of hydrogen-bond acceptors (Lipinski definition) is 2. The summed E-state index contributed by atoms with van der Waals surface area (Å²) in [5, 5.41) is 0. The zero-order valence-corrected chi connectivity index (χ0v) is 9.86. The molecule has 1 aromatic rings. The van der Waals surface area contributed by atoms with E-state index in [9.17, 15) is 4.79 Å². The Balaban J connectivity index is 2.21. The van der Waals surface area contributed by atoms with Crippen LogP contribution >= 0.6 is 0 Å². The molecule has 0 unspecified atom stereocenters. The second-order valence-corrected chi connectivity index (χ2v) is 4.62. The van der Waals surface area contributed by atoms with E-state index in [1.165, 1.54) is 5.56 Å². The van der Waals surface area contributed by atoms with Gasteiger partial charge in [0.2, 0.25) is 0 Å². The lowest BCUT2D eigenvalue weighted by Gasteiger charge is -2.17. The van der Waals surface area contributed by atoms with Crippen molar-refractivity contribution >= 4 is 5.91 Å². The van der Waals surface area contributed by atoms with E-state index in [0.29, 0.717) is 6.54 Å². The van der Waals surface area contributed by atoms with Crippen LogP contribution in [0.4, 0.5) is 0 Å². The van der Waals surface area contributed by atoms with Crippen molar-refractivity contribution in [1.82, 2.24) is 4.90 Å². The van der Waals surface area contributed by atoms with Gasteiger partial charge in [-0.15, -0.1) is 0 Å². The molecule has 0 aliphatic carbocycles. The highest BCUT2D eigenvalue weighted by molar-refractivity contribution is 5.95.